The van der Waals surface area contributed by atoms with Crippen LogP contribution < -0.4 is 5.32 Å². The zero-order valence-corrected chi connectivity index (χ0v) is 10.4. The van der Waals surface area contributed by atoms with E-state index in [9.17, 15) is 0 Å². The van der Waals surface area contributed by atoms with Crippen LogP contribution in [0, 0.1) is 6.92 Å². The fourth-order valence-corrected chi connectivity index (χ4v) is 1.97. The summed E-state index contributed by atoms with van der Waals surface area (Å²) >= 11 is 0. The van der Waals surface area contributed by atoms with E-state index in [2.05, 4.69) is 53.4 Å². The van der Waals surface area contributed by atoms with E-state index in [0.29, 0.717) is 6.04 Å². The first-order valence-electron chi connectivity index (χ1n) is 6.07. The summed E-state index contributed by atoms with van der Waals surface area (Å²) in [6.07, 6.45) is 4.69. The van der Waals surface area contributed by atoms with Gasteiger partial charge in [0.2, 0.25) is 0 Å². The molecule has 3 heteroatoms. The maximum absolute atomic E-state index is 4.30. The van der Waals surface area contributed by atoms with Crippen molar-refractivity contribution in [1.29, 1.82) is 0 Å². The number of aromatic nitrogens is 2. The van der Waals surface area contributed by atoms with Crippen LogP contribution in [-0.2, 0) is 6.54 Å². The minimum Gasteiger partial charge on any atom is -0.347 e. The average Bonchev–Trinajstić information content (AvgIpc) is 2.84. The van der Waals surface area contributed by atoms with Gasteiger partial charge in [-0.05, 0) is 18.9 Å². The first kappa shape index (κ1) is 11.9. The van der Waals surface area contributed by atoms with Crippen LogP contribution in [0.3, 0.4) is 0 Å². The molecule has 0 radical (unpaired) electrons. The van der Waals surface area contributed by atoms with E-state index in [1.165, 1.54) is 11.1 Å². The summed E-state index contributed by atoms with van der Waals surface area (Å²) in [5.41, 5.74) is 2.62. The van der Waals surface area contributed by atoms with Crippen LogP contribution in [0.1, 0.15) is 36.3 Å². The Bertz CT molecular complexity index is 448. The largest absolute Gasteiger partial charge is 0.347 e. The quantitative estimate of drug-likeness (QED) is 0.827. The smallest absolute Gasteiger partial charge is 0.123 e. The third-order valence-electron chi connectivity index (χ3n) is 2.89. The Kier molecular flexibility index (Phi) is 3.94. The number of hydrogen-bond donors (Lipinski definition) is 2. The van der Waals surface area contributed by atoms with Crippen molar-refractivity contribution in [2.24, 2.45) is 0 Å². The predicted octanol–water partition coefficient (Wildman–Crippen LogP) is 2.96. The Labute approximate surface area is 102 Å². The summed E-state index contributed by atoms with van der Waals surface area (Å²) in [6, 6.07) is 8.87. The number of nitrogens with one attached hydrogen (secondary N) is 2. The van der Waals surface area contributed by atoms with E-state index in [0.717, 1.165) is 18.8 Å². The van der Waals surface area contributed by atoms with Crippen molar-refractivity contribution in [1.82, 2.24) is 15.3 Å². The summed E-state index contributed by atoms with van der Waals surface area (Å²) in [4.78, 5) is 7.46. The molecule has 0 amide bonds. The Morgan fingerprint density at radius 3 is 2.94 bits per heavy atom. The lowest BCUT2D eigenvalue weighted by molar-refractivity contribution is 0.498. The van der Waals surface area contributed by atoms with Gasteiger partial charge >= 0.3 is 0 Å². The highest BCUT2D eigenvalue weighted by Gasteiger charge is 2.10. The van der Waals surface area contributed by atoms with E-state index in [-0.39, 0.29) is 0 Å². The molecule has 0 saturated heterocycles. The summed E-state index contributed by atoms with van der Waals surface area (Å²) < 4.78 is 0. The van der Waals surface area contributed by atoms with Crippen molar-refractivity contribution in [3.05, 3.63) is 53.6 Å². The van der Waals surface area contributed by atoms with Gasteiger partial charge in [-0.1, -0.05) is 36.8 Å². The van der Waals surface area contributed by atoms with Gasteiger partial charge in [-0.25, -0.2) is 4.98 Å². The predicted molar refractivity (Wildman–Crippen MR) is 69.6 cm³/mol. The number of hydrogen-bond acceptors (Lipinski definition) is 2. The molecule has 2 N–H and O–H groups in total. The molecule has 2 aromatic rings. The molecule has 1 unspecified atom stereocenters. The lowest BCUT2D eigenvalue weighted by Gasteiger charge is -2.14. The van der Waals surface area contributed by atoms with Gasteiger partial charge in [0.25, 0.3) is 0 Å². The van der Waals surface area contributed by atoms with Crippen molar-refractivity contribution in [2.75, 3.05) is 0 Å². The standard InChI is InChI=1S/C14H19N3/c1-3-13(14-15-7-8-16-14)17-10-12-6-4-5-11(2)9-12/h4-9,13,17H,3,10H2,1-2H3,(H,15,16). The number of aryl methyl sites for hydroxylation is 1. The van der Waals surface area contributed by atoms with Crippen molar-refractivity contribution < 1.29 is 0 Å². The maximum Gasteiger partial charge on any atom is 0.123 e. The Hall–Kier alpha value is -1.61. The molecule has 0 spiro atoms. The minimum atomic E-state index is 0.297. The molecule has 0 aliphatic carbocycles. The van der Waals surface area contributed by atoms with Crippen LogP contribution >= 0.6 is 0 Å². The molecule has 3 nitrogen and oxygen atoms in total. The topological polar surface area (TPSA) is 40.7 Å². The Morgan fingerprint density at radius 2 is 2.29 bits per heavy atom. The van der Waals surface area contributed by atoms with Crippen LogP contribution in [0.15, 0.2) is 36.7 Å². The molecular weight excluding hydrogens is 210 g/mol. The molecule has 17 heavy (non-hydrogen) atoms. The SMILES string of the molecule is CCC(NCc1cccc(C)c1)c1ncc[nH]1. The van der Waals surface area contributed by atoms with Crippen LogP contribution in [-0.4, -0.2) is 9.97 Å². The van der Waals surface area contributed by atoms with Gasteiger partial charge in [-0.15, -0.1) is 0 Å². The highest BCUT2D eigenvalue weighted by molar-refractivity contribution is 5.22. The first-order valence-corrected chi connectivity index (χ1v) is 6.07. The molecule has 0 aliphatic heterocycles. The van der Waals surface area contributed by atoms with Crippen LogP contribution in [0.25, 0.3) is 0 Å². The Morgan fingerprint density at radius 1 is 1.41 bits per heavy atom. The second-order valence-electron chi connectivity index (χ2n) is 4.31. The zero-order valence-electron chi connectivity index (χ0n) is 10.4. The molecule has 1 aromatic carbocycles. The summed E-state index contributed by atoms with van der Waals surface area (Å²) in [5, 5.41) is 3.52. The molecule has 1 heterocycles. The molecule has 1 atom stereocenters. The lowest BCUT2D eigenvalue weighted by Crippen LogP contribution is -2.21. The number of rotatable bonds is 5. The maximum atomic E-state index is 4.30. The lowest BCUT2D eigenvalue weighted by atomic mass is 10.1. The van der Waals surface area contributed by atoms with Crippen LogP contribution in [0.2, 0.25) is 0 Å². The molecule has 90 valence electrons. The Balaban J connectivity index is 1.97. The molecule has 0 aliphatic rings. The van der Waals surface area contributed by atoms with E-state index in [1.54, 1.807) is 6.20 Å². The number of aromatic amines is 1. The van der Waals surface area contributed by atoms with Crippen molar-refractivity contribution in [3.63, 3.8) is 0 Å². The second kappa shape index (κ2) is 5.64. The summed E-state index contributed by atoms with van der Waals surface area (Å²) in [7, 11) is 0. The van der Waals surface area contributed by atoms with Crippen LogP contribution in [0.5, 0.6) is 0 Å². The van der Waals surface area contributed by atoms with Gasteiger partial charge < -0.3 is 10.3 Å². The number of imidazole rings is 1. The molecule has 2 rings (SSSR count). The number of nitrogens with zero attached hydrogens (tertiary/aromatic N) is 1. The van der Waals surface area contributed by atoms with Crippen LogP contribution in [0.4, 0.5) is 0 Å². The zero-order chi connectivity index (χ0) is 12.1. The highest BCUT2D eigenvalue weighted by atomic mass is 15.0. The molecule has 1 aromatic heterocycles. The fraction of sp³-hybridized carbons (Fsp3) is 0.357. The average molecular weight is 229 g/mol. The third kappa shape index (κ3) is 3.17. The monoisotopic (exact) mass is 229 g/mol. The van der Waals surface area contributed by atoms with Gasteiger partial charge in [-0.2, -0.15) is 0 Å². The molecule has 0 saturated carbocycles. The first-order chi connectivity index (χ1) is 8.29. The normalized spacial score (nSPS) is 12.6. The van der Waals surface area contributed by atoms with Gasteiger partial charge in [-0.3, -0.25) is 0 Å². The van der Waals surface area contributed by atoms with Crippen molar-refractivity contribution >= 4 is 0 Å². The molecular formula is C14H19N3. The van der Waals surface area contributed by atoms with E-state index >= 15 is 0 Å². The third-order valence-corrected chi connectivity index (χ3v) is 2.89. The highest BCUT2D eigenvalue weighted by Crippen LogP contribution is 2.13. The summed E-state index contributed by atoms with van der Waals surface area (Å²) in [5.74, 6) is 1.01. The minimum absolute atomic E-state index is 0.297. The van der Waals surface area contributed by atoms with E-state index in [4.69, 9.17) is 0 Å². The second-order valence-corrected chi connectivity index (χ2v) is 4.31. The summed E-state index contributed by atoms with van der Waals surface area (Å²) in [6.45, 7) is 5.16. The molecule has 0 fully saturated rings. The van der Waals surface area contributed by atoms with E-state index < -0.39 is 0 Å². The number of H-pyrrole nitrogens is 1. The van der Waals surface area contributed by atoms with Gasteiger partial charge in [0.15, 0.2) is 0 Å². The van der Waals surface area contributed by atoms with Gasteiger partial charge in [0.1, 0.15) is 5.82 Å². The van der Waals surface area contributed by atoms with Gasteiger partial charge in [0.05, 0.1) is 6.04 Å². The fourth-order valence-electron chi connectivity index (χ4n) is 1.97. The number of benzene rings is 1. The van der Waals surface area contributed by atoms with E-state index in [1.807, 2.05) is 6.20 Å². The van der Waals surface area contributed by atoms with Crippen molar-refractivity contribution in [2.45, 2.75) is 32.9 Å². The molecule has 0 bridgehead atoms. The van der Waals surface area contributed by atoms with Gasteiger partial charge in [0, 0.05) is 18.9 Å². The van der Waals surface area contributed by atoms with Crippen molar-refractivity contribution in [3.8, 4) is 0 Å².